The summed E-state index contributed by atoms with van der Waals surface area (Å²) in [6.07, 6.45) is 0. The van der Waals surface area contributed by atoms with Crippen molar-refractivity contribution in [3.63, 3.8) is 0 Å². The van der Waals surface area contributed by atoms with Crippen LogP contribution in [0.2, 0.25) is 0 Å². The average Bonchev–Trinajstić information content (AvgIpc) is 1.16. The molecule has 8 rings (SSSR count). The molecule has 0 saturated carbocycles. The van der Waals surface area contributed by atoms with Crippen LogP contribution in [0.15, 0.2) is 172 Å². The van der Waals surface area contributed by atoms with E-state index in [-0.39, 0.29) is 94.2 Å². The number of aromatic hydroxyl groups is 3. The predicted octanol–water partition coefficient (Wildman–Crippen LogP) is 11.8. The molecule has 0 spiro atoms. The van der Waals surface area contributed by atoms with Gasteiger partial charge in [-0.2, -0.15) is 43.9 Å². The number of nitrogens with zero attached hydrogens (tertiary/aromatic N) is 8. The van der Waals surface area contributed by atoms with Crippen LogP contribution in [0.1, 0.15) is 0 Å². The fraction of sp³-hybridized carbons (Fsp3) is 0.0233. The van der Waals surface area contributed by atoms with Crippen molar-refractivity contribution in [2.24, 2.45) is 40.9 Å². The Balaban J connectivity index is 1.20. The van der Waals surface area contributed by atoms with Gasteiger partial charge in [0, 0.05) is 16.8 Å². The van der Waals surface area contributed by atoms with Gasteiger partial charge in [-0.3, -0.25) is 18.2 Å². The molecule has 440 valence electrons. The van der Waals surface area contributed by atoms with Crippen LogP contribution in [0.4, 0.5) is 51.2 Å². The van der Waals surface area contributed by atoms with Crippen LogP contribution in [0.3, 0.4) is 0 Å². The van der Waals surface area contributed by atoms with Crippen LogP contribution in [-0.2, 0) is 68.6 Å². The standard InChI is InChI=1S/C43H31N9O25S7/c1-71-23-5-8-27(32(16-23)82(62,63)64)47-50-37-30(79-76-73-57)11-19-10-21(4-7-25(19)41(37)53)45-49-38-31(80-77-74-58)12-20-14-33(83(65,66)67)39(36(44)35(20)43(38)55)51-46-22-3-2-18-13-34(84(68,69)70)40(42(54)26(18)15-22)52-48-28-17-24(81(59,60)61)6-9-29(28)78-75-72-56/h2-17,53-58H,44H2,1H3,(H,59,60,61)(H,62,63,64)(H,65,66,67)(H,68,69,70). The monoisotopic (exact) mass is 1300 g/mol. The number of phenolic OH excluding ortho intramolecular Hbond substituents is 3. The Bertz CT molecular complexity index is 4580. The van der Waals surface area contributed by atoms with E-state index in [0.29, 0.717) is 12.0 Å². The number of fused-ring (bicyclic) bond motifs is 3. The number of nitrogen functional groups attached to an aromatic ring is 1. The van der Waals surface area contributed by atoms with Crippen LogP contribution in [-0.4, -0.2) is 90.1 Å². The maximum atomic E-state index is 12.9. The number of nitrogens with two attached hydrogens (primary N) is 1. The van der Waals surface area contributed by atoms with Gasteiger partial charge >= 0.3 is 0 Å². The predicted molar refractivity (Wildman–Crippen MR) is 289 cm³/mol. The largest absolute Gasteiger partial charge is 0.505 e. The van der Waals surface area contributed by atoms with E-state index >= 15 is 0 Å². The van der Waals surface area contributed by atoms with Crippen molar-refractivity contribution in [1.82, 2.24) is 0 Å². The van der Waals surface area contributed by atoms with E-state index in [9.17, 15) is 67.2 Å². The highest BCUT2D eigenvalue weighted by atomic mass is 32.2. The van der Waals surface area contributed by atoms with Crippen LogP contribution in [0, 0.1) is 0 Å². The number of methoxy groups -OCH3 is 1. The van der Waals surface area contributed by atoms with Gasteiger partial charge in [0.15, 0.2) is 17.2 Å². The SMILES string of the molecule is COc1ccc(N=Nc2c(SOOO)cc3cc(N=Nc4c(SOOO)cc5cc(S(=O)(=O)O)c(N=Nc6ccc7cc(S(=O)(=O)O)c(N=Nc8cc(S(=O)(=O)O)ccc8SOOO)c(O)c7c6)c(N)c5c4O)ccc3c2O)c(S(=O)(=O)O)c1. The molecule has 41 heteroatoms. The van der Waals surface area contributed by atoms with Crippen LogP contribution in [0.5, 0.6) is 23.0 Å². The third-order valence-corrected chi connectivity index (χ3v) is 16.5. The summed E-state index contributed by atoms with van der Waals surface area (Å²) in [5, 5.41) is 103. The average molecular weight is 1300 g/mol. The molecule has 12 N–H and O–H groups in total. The number of benzene rings is 8. The van der Waals surface area contributed by atoms with Gasteiger partial charge in [0.25, 0.3) is 40.5 Å². The first-order valence-electron chi connectivity index (χ1n) is 21.7. The summed E-state index contributed by atoms with van der Waals surface area (Å²) in [4.78, 5) is -4.01. The highest BCUT2D eigenvalue weighted by Gasteiger charge is 2.28. The molecule has 0 unspecified atom stereocenters. The van der Waals surface area contributed by atoms with E-state index in [4.69, 9.17) is 26.2 Å². The summed E-state index contributed by atoms with van der Waals surface area (Å²) < 4.78 is 157. The summed E-state index contributed by atoms with van der Waals surface area (Å²) in [6, 6.07) is 17.4. The molecule has 8 aromatic rings. The molecule has 0 aliphatic heterocycles. The van der Waals surface area contributed by atoms with Crippen molar-refractivity contribution in [2.75, 3.05) is 12.8 Å². The molecular weight excluding hydrogens is 1270 g/mol. The van der Waals surface area contributed by atoms with E-state index in [1.54, 1.807) is 0 Å². The van der Waals surface area contributed by atoms with Crippen LogP contribution >= 0.6 is 36.1 Å². The minimum atomic E-state index is -5.30. The maximum Gasteiger partial charge on any atom is 0.296 e. The normalized spacial score (nSPS) is 12.9. The van der Waals surface area contributed by atoms with Gasteiger partial charge in [-0.25, -0.2) is 15.8 Å². The second-order valence-electron chi connectivity index (χ2n) is 16.1. The summed E-state index contributed by atoms with van der Waals surface area (Å²) in [5.41, 5.74) is 2.03. The van der Waals surface area contributed by atoms with Crippen LogP contribution < -0.4 is 10.5 Å². The van der Waals surface area contributed by atoms with Gasteiger partial charge < -0.3 is 25.8 Å². The Labute approximate surface area is 481 Å². The zero-order chi connectivity index (χ0) is 61.1. The van der Waals surface area contributed by atoms with Crippen molar-refractivity contribution in [2.45, 2.75) is 34.3 Å². The number of hydrogen-bond acceptors (Lipinski definition) is 33. The van der Waals surface area contributed by atoms with Gasteiger partial charge in [0.1, 0.15) is 54.6 Å². The molecular formula is C43H31N9O25S7. The lowest BCUT2D eigenvalue weighted by Crippen LogP contribution is -2.02. The van der Waals surface area contributed by atoms with E-state index in [1.807, 2.05) is 0 Å². The van der Waals surface area contributed by atoms with E-state index < -0.39 is 111 Å². The molecule has 0 saturated heterocycles. The zero-order valence-electron chi connectivity index (χ0n) is 40.8. The molecule has 0 amide bonds. The number of phenols is 3. The first-order valence-corrected chi connectivity index (χ1v) is 29.7. The van der Waals surface area contributed by atoms with Crippen molar-refractivity contribution in [1.29, 1.82) is 0 Å². The number of rotatable bonds is 22. The highest BCUT2D eigenvalue weighted by molar-refractivity contribution is 7.95. The minimum Gasteiger partial charge on any atom is -0.505 e. The highest BCUT2D eigenvalue weighted by Crippen LogP contribution is 2.51. The summed E-state index contributed by atoms with van der Waals surface area (Å²) >= 11 is 0.758. The fourth-order valence-corrected chi connectivity index (χ4v) is 11.4. The number of anilines is 1. The molecule has 84 heavy (non-hydrogen) atoms. The van der Waals surface area contributed by atoms with Gasteiger partial charge in [-0.05, 0) is 101 Å². The van der Waals surface area contributed by atoms with Crippen molar-refractivity contribution in [3.8, 4) is 23.0 Å². The van der Waals surface area contributed by atoms with Gasteiger partial charge in [0.05, 0.1) is 85.3 Å². The lowest BCUT2D eigenvalue weighted by molar-refractivity contribution is -0.432. The summed E-state index contributed by atoms with van der Waals surface area (Å²) in [7, 11) is -19.0. The Morgan fingerprint density at radius 2 is 0.940 bits per heavy atom. The smallest absolute Gasteiger partial charge is 0.296 e. The quantitative estimate of drug-likeness (QED) is 0.00749. The molecule has 34 nitrogen and oxygen atoms in total. The minimum absolute atomic E-state index is 0.0223. The number of hydrogen-bond donors (Lipinski definition) is 11. The van der Waals surface area contributed by atoms with Gasteiger partial charge in [-0.1, -0.05) is 21.2 Å². The van der Waals surface area contributed by atoms with E-state index in [2.05, 4.69) is 69.0 Å². The molecule has 0 atom stereocenters. The third kappa shape index (κ3) is 13.8. The molecule has 0 fully saturated rings. The van der Waals surface area contributed by atoms with Crippen molar-refractivity contribution >= 4 is 160 Å². The Kier molecular flexibility index (Phi) is 18.7. The Morgan fingerprint density at radius 1 is 0.429 bits per heavy atom. The van der Waals surface area contributed by atoms with Gasteiger partial charge in [-0.15, -0.1) is 43.7 Å². The Morgan fingerprint density at radius 3 is 1.55 bits per heavy atom. The van der Waals surface area contributed by atoms with E-state index in [1.165, 1.54) is 37.4 Å². The van der Waals surface area contributed by atoms with Crippen molar-refractivity contribution in [3.05, 3.63) is 97.1 Å². The molecule has 0 aliphatic carbocycles. The lowest BCUT2D eigenvalue weighted by Gasteiger charge is -2.14. The van der Waals surface area contributed by atoms with Gasteiger partial charge in [0.2, 0.25) is 0 Å². The molecule has 0 aromatic heterocycles. The number of azo groups is 4. The summed E-state index contributed by atoms with van der Waals surface area (Å²) in [6.45, 7) is 0. The lowest BCUT2D eigenvalue weighted by atomic mass is 10.0. The van der Waals surface area contributed by atoms with Crippen molar-refractivity contribution < 1.29 is 116 Å². The summed E-state index contributed by atoms with van der Waals surface area (Å²) in [5.74, 6) is -2.42. The molecule has 0 heterocycles. The Hall–Kier alpha value is -7.73. The second kappa shape index (κ2) is 25.2. The second-order valence-corrected chi connectivity index (χ2v) is 23.9. The molecule has 0 radical (unpaired) electrons. The molecule has 0 bridgehead atoms. The first-order chi connectivity index (χ1) is 39.7. The molecule has 8 aromatic carbocycles. The topological polar surface area (TPSA) is 528 Å². The fourth-order valence-electron chi connectivity index (χ4n) is 7.51. The number of ether oxygens (including phenoxy) is 1. The third-order valence-electron chi connectivity index (χ3n) is 11.1. The molecule has 0 aliphatic rings. The van der Waals surface area contributed by atoms with Crippen LogP contribution in [0.25, 0.3) is 32.3 Å². The zero-order valence-corrected chi connectivity index (χ0v) is 46.6. The first kappa shape index (κ1) is 62.3. The maximum absolute atomic E-state index is 12.9. The van der Waals surface area contributed by atoms with E-state index in [0.717, 1.165) is 66.7 Å².